The normalized spacial score (nSPS) is 23.6. The predicted octanol–water partition coefficient (Wildman–Crippen LogP) is 4.67. The molecule has 2 atom stereocenters. The second-order valence-electron chi connectivity index (χ2n) is 11.5. The fraction of sp³-hybridized carbons (Fsp3) is 0.727. The molecule has 0 aromatic carbocycles. The van der Waals surface area contributed by atoms with Crippen LogP contribution in [0.3, 0.4) is 0 Å². The van der Waals surface area contributed by atoms with Gasteiger partial charge in [0.1, 0.15) is 5.84 Å². The molecule has 1 aromatic rings. The number of sulfonamides is 1. The number of amidine groups is 1. The molecule has 2 unspecified atom stereocenters. The number of aromatic nitrogens is 1. The fourth-order valence-electron chi connectivity index (χ4n) is 4.38. The van der Waals surface area contributed by atoms with Crippen LogP contribution in [0.4, 0.5) is 0 Å². The number of aliphatic imine (C=N–C) groups is 1. The van der Waals surface area contributed by atoms with E-state index < -0.39 is 10.0 Å². The summed E-state index contributed by atoms with van der Waals surface area (Å²) in [5.41, 5.74) is 2.31. The molecule has 30 heavy (non-hydrogen) atoms. The number of thiazole rings is 1. The summed E-state index contributed by atoms with van der Waals surface area (Å²) >= 11 is 1.14. The van der Waals surface area contributed by atoms with E-state index in [1.165, 1.54) is 17.5 Å². The third-order valence-corrected chi connectivity index (χ3v) is 8.24. The molecule has 0 aliphatic carbocycles. The molecular weight excluding hydrogens is 416 g/mol. The highest BCUT2D eigenvalue weighted by molar-refractivity contribution is 7.91. The molecule has 0 radical (unpaired) electrons. The van der Waals surface area contributed by atoms with Crippen LogP contribution < -0.4 is 4.72 Å². The van der Waals surface area contributed by atoms with Crippen LogP contribution in [0.2, 0.25) is 0 Å². The van der Waals surface area contributed by atoms with Crippen LogP contribution in [0.5, 0.6) is 0 Å². The molecule has 1 N–H and O–H groups in total. The average molecular weight is 453 g/mol. The number of hydrogen-bond acceptors (Lipinski definition) is 6. The van der Waals surface area contributed by atoms with E-state index in [1.54, 1.807) is 5.38 Å². The molecule has 3 heterocycles. The van der Waals surface area contributed by atoms with E-state index in [1.807, 2.05) is 0 Å². The van der Waals surface area contributed by atoms with Crippen molar-refractivity contribution in [2.45, 2.75) is 85.2 Å². The van der Waals surface area contributed by atoms with Gasteiger partial charge in [0.2, 0.25) is 4.34 Å². The van der Waals surface area contributed by atoms with Gasteiger partial charge in [-0.2, -0.15) is 0 Å². The minimum Gasteiger partial charge on any atom is -0.332 e. The molecule has 168 valence electrons. The van der Waals surface area contributed by atoms with E-state index in [0.29, 0.717) is 13.0 Å². The highest BCUT2D eigenvalue weighted by Gasteiger charge is 2.47. The van der Waals surface area contributed by atoms with Crippen LogP contribution in [0.25, 0.3) is 0 Å². The maximum Gasteiger partial charge on any atom is 0.268 e. The lowest BCUT2D eigenvalue weighted by Crippen LogP contribution is -2.47. The van der Waals surface area contributed by atoms with Crippen molar-refractivity contribution in [3.05, 3.63) is 22.8 Å². The summed E-state index contributed by atoms with van der Waals surface area (Å²) in [5.74, 6) is 1.04. The van der Waals surface area contributed by atoms with Crippen molar-refractivity contribution >= 4 is 27.2 Å². The molecule has 2 aliphatic rings. The Kier molecular flexibility index (Phi) is 5.79. The zero-order chi connectivity index (χ0) is 22.7. The van der Waals surface area contributed by atoms with Crippen LogP contribution in [0, 0.1) is 16.2 Å². The smallest absolute Gasteiger partial charge is 0.268 e. The zero-order valence-corrected chi connectivity index (χ0v) is 21.3. The van der Waals surface area contributed by atoms with E-state index in [-0.39, 0.29) is 32.7 Å². The third kappa shape index (κ3) is 4.50. The Morgan fingerprint density at radius 2 is 1.70 bits per heavy atom. The molecule has 2 aliphatic heterocycles. The van der Waals surface area contributed by atoms with E-state index in [2.05, 4.69) is 76.9 Å². The number of nitrogens with zero attached hydrogens (tertiary/aromatic N) is 3. The molecule has 1 saturated heterocycles. The molecule has 0 amide bonds. The van der Waals surface area contributed by atoms with Crippen LogP contribution in [-0.2, 0) is 10.0 Å². The molecule has 0 bridgehead atoms. The van der Waals surface area contributed by atoms with Gasteiger partial charge < -0.3 is 4.90 Å². The molecule has 8 heteroatoms. The van der Waals surface area contributed by atoms with Gasteiger partial charge in [-0.05, 0) is 16.4 Å². The first-order valence-electron chi connectivity index (χ1n) is 10.5. The van der Waals surface area contributed by atoms with Gasteiger partial charge in [-0.25, -0.2) is 18.1 Å². The number of rotatable bonds is 3. The Bertz CT molecular complexity index is 956. The van der Waals surface area contributed by atoms with Crippen molar-refractivity contribution in [2.75, 3.05) is 6.54 Å². The van der Waals surface area contributed by atoms with Crippen LogP contribution in [-0.4, -0.2) is 42.8 Å². The second-order valence-corrected chi connectivity index (χ2v) is 14.3. The Labute approximate surface area is 185 Å². The zero-order valence-electron chi connectivity index (χ0n) is 19.7. The number of fused-ring (bicyclic) bond motifs is 1. The molecule has 3 rings (SSSR count). The Morgan fingerprint density at radius 1 is 1.07 bits per heavy atom. The van der Waals surface area contributed by atoms with Gasteiger partial charge in [0.25, 0.3) is 10.0 Å². The highest BCUT2D eigenvalue weighted by atomic mass is 32.2. The Balaban J connectivity index is 2.07. The fourth-order valence-corrected chi connectivity index (χ4v) is 6.46. The molecule has 0 spiro atoms. The summed E-state index contributed by atoms with van der Waals surface area (Å²) in [4.78, 5) is 11.6. The van der Waals surface area contributed by atoms with Gasteiger partial charge in [-0.15, -0.1) is 11.3 Å². The maximum atomic E-state index is 12.8. The van der Waals surface area contributed by atoms with E-state index >= 15 is 0 Å². The summed E-state index contributed by atoms with van der Waals surface area (Å²) in [6.07, 6.45) is 2.19. The number of nitrogens with one attached hydrogen (secondary N) is 1. The molecule has 1 fully saturated rings. The predicted molar refractivity (Wildman–Crippen MR) is 124 cm³/mol. The summed E-state index contributed by atoms with van der Waals surface area (Å²) < 4.78 is 28.6. The summed E-state index contributed by atoms with van der Waals surface area (Å²) in [5, 5.41) is 1.69. The van der Waals surface area contributed by atoms with Gasteiger partial charge in [-0.3, -0.25) is 4.99 Å². The monoisotopic (exact) mass is 452 g/mol. The topological polar surface area (TPSA) is 74.7 Å². The van der Waals surface area contributed by atoms with Gasteiger partial charge in [0.05, 0.1) is 6.04 Å². The van der Waals surface area contributed by atoms with Crippen molar-refractivity contribution in [2.24, 2.45) is 21.2 Å². The van der Waals surface area contributed by atoms with E-state index in [9.17, 15) is 8.42 Å². The molecular formula is C22H36N4O2S2. The quantitative estimate of drug-likeness (QED) is 0.723. The van der Waals surface area contributed by atoms with Crippen molar-refractivity contribution in [3.63, 3.8) is 0 Å². The molecule has 1 aromatic heterocycles. The van der Waals surface area contributed by atoms with Crippen molar-refractivity contribution < 1.29 is 8.42 Å². The standard InChI is InChI=1S/C22H36N4O2S2/c1-20(2,3)16-15-12-14(25-30(27,28)19-23-10-11-29-19)13-26(15)18(22(7,8)9)24-17(16)21(4,5)6/h10-11,14,17,25H,12-13H2,1-9H3. The highest BCUT2D eigenvalue weighted by Crippen LogP contribution is 2.47. The van der Waals surface area contributed by atoms with E-state index in [0.717, 1.165) is 17.2 Å². The lowest BCUT2D eigenvalue weighted by molar-refractivity contribution is 0.285. The van der Waals surface area contributed by atoms with Crippen LogP contribution >= 0.6 is 11.3 Å². The second kappa shape index (κ2) is 7.41. The Morgan fingerprint density at radius 3 is 2.17 bits per heavy atom. The van der Waals surface area contributed by atoms with Gasteiger partial charge in [0, 0.05) is 41.7 Å². The first-order chi connectivity index (χ1) is 13.5. The van der Waals surface area contributed by atoms with Crippen LogP contribution in [0.1, 0.15) is 68.7 Å². The minimum atomic E-state index is -3.62. The van der Waals surface area contributed by atoms with Crippen molar-refractivity contribution in [1.82, 2.24) is 14.6 Å². The SMILES string of the molecule is CC(C)(C)C1=NC(C(C)(C)C)C(C(C)(C)C)=C2CC(NS(=O)(=O)c3nccs3)CN12. The largest absolute Gasteiger partial charge is 0.332 e. The molecule has 6 nitrogen and oxygen atoms in total. The summed E-state index contributed by atoms with van der Waals surface area (Å²) in [7, 11) is -3.62. The molecule has 0 saturated carbocycles. The maximum absolute atomic E-state index is 12.8. The first-order valence-corrected chi connectivity index (χ1v) is 12.9. The summed E-state index contributed by atoms with van der Waals surface area (Å²) in [6.45, 7) is 20.5. The van der Waals surface area contributed by atoms with Crippen molar-refractivity contribution in [3.8, 4) is 0 Å². The van der Waals surface area contributed by atoms with Crippen LogP contribution in [0.15, 0.2) is 32.2 Å². The average Bonchev–Trinajstić information content (AvgIpc) is 3.19. The lowest BCUT2D eigenvalue weighted by Gasteiger charge is -2.45. The van der Waals surface area contributed by atoms with Crippen molar-refractivity contribution in [1.29, 1.82) is 0 Å². The number of hydrogen-bond donors (Lipinski definition) is 1. The third-order valence-electron chi connectivity index (χ3n) is 5.52. The minimum absolute atomic E-state index is 0.0311. The van der Waals surface area contributed by atoms with E-state index in [4.69, 9.17) is 4.99 Å². The van der Waals surface area contributed by atoms with Gasteiger partial charge >= 0.3 is 0 Å². The lowest BCUT2D eigenvalue weighted by atomic mass is 9.70. The Hall–Kier alpha value is -1.25. The van der Waals surface area contributed by atoms with Gasteiger partial charge in [-0.1, -0.05) is 62.3 Å². The summed E-state index contributed by atoms with van der Waals surface area (Å²) in [6, 6.07) is -0.148. The van der Waals surface area contributed by atoms with Gasteiger partial charge in [0.15, 0.2) is 0 Å². The first kappa shape index (κ1) is 23.4.